The van der Waals surface area contributed by atoms with Gasteiger partial charge in [0.15, 0.2) is 5.75 Å². The fourth-order valence-electron chi connectivity index (χ4n) is 2.75. The summed E-state index contributed by atoms with van der Waals surface area (Å²) in [4.78, 5) is 12.5. The van der Waals surface area contributed by atoms with Crippen LogP contribution in [0.5, 0.6) is 5.75 Å². The lowest BCUT2D eigenvalue weighted by Crippen LogP contribution is -2.13. The van der Waals surface area contributed by atoms with Gasteiger partial charge in [-0.2, -0.15) is 10.5 Å². The molecular formula is C24H14Br2ClN3O2. The highest BCUT2D eigenvalue weighted by Gasteiger charge is 2.13. The van der Waals surface area contributed by atoms with Crippen molar-refractivity contribution >= 4 is 61.1 Å². The molecule has 1 amide bonds. The molecule has 8 heteroatoms. The molecule has 0 spiro atoms. The van der Waals surface area contributed by atoms with Crippen LogP contribution < -0.4 is 10.1 Å². The van der Waals surface area contributed by atoms with Gasteiger partial charge in [-0.05, 0) is 70.0 Å². The van der Waals surface area contributed by atoms with Crippen LogP contribution in [0.3, 0.4) is 0 Å². The summed E-state index contributed by atoms with van der Waals surface area (Å²) in [5.41, 5.74) is 2.30. The van der Waals surface area contributed by atoms with Gasteiger partial charge in [-0.1, -0.05) is 45.7 Å². The summed E-state index contributed by atoms with van der Waals surface area (Å²) in [6.45, 7) is 0.163. The van der Waals surface area contributed by atoms with Gasteiger partial charge in [-0.25, -0.2) is 0 Å². The molecule has 32 heavy (non-hydrogen) atoms. The number of benzene rings is 3. The highest BCUT2D eigenvalue weighted by Crippen LogP contribution is 2.36. The van der Waals surface area contributed by atoms with E-state index in [9.17, 15) is 15.3 Å². The van der Waals surface area contributed by atoms with E-state index in [0.717, 1.165) is 10.0 Å². The first kappa shape index (κ1) is 23.6. The molecule has 5 nitrogen and oxygen atoms in total. The van der Waals surface area contributed by atoms with E-state index >= 15 is 0 Å². The number of ether oxygens (including phenoxy) is 1. The van der Waals surface area contributed by atoms with E-state index in [1.807, 2.05) is 12.1 Å². The van der Waals surface area contributed by atoms with Gasteiger partial charge in [0.25, 0.3) is 5.91 Å². The van der Waals surface area contributed by atoms with E-state index in [2.05, 4.69) is 43.2 Å². The smallest absolute Gasteiger partial charge is 0.266 e. The minimum Gasteiger partial charge on any atom is -0.486 e. The highest BCUT2D eigenvalue weighted by atomic mass is 79.9. The first-order valence-electron chi connectivity index (χ1n) is 9.20. The Balaban J connectivity index is 1.78. The maximum Gasteiger partial charge on any atom is 0.266 e. The summed E-state index contributed by atoms with van der Waals surface area (Å²) < 4.78 is 7.25. The zero-order chi connectivity index (χ0) is 23.1. The number of anilines is 1. The number of carbonyl (C=O) groups is 1. The summed E-state index contributed by atoms with van der Waals surface area (Å²) >= 11 is 13.1. The topological polar surface area (TPSA) is 85.9 Å². The largest absolute Gasteiger partial charge is 0.486 e. The molecule has 3 rings (SSSR count). The van der Waals surface area contributed by atoms with Crippen LogP contribution in [0.4, 0.5) is 5.69 Å². The molecule has 0 unspecified atom stereocenters. The first-order valence-corrected chi connectivity index (χ1v) is 11.2. The minimum absolute atomic E-state index is 0.0764. The SMILES string of the molecule is N#C/C(=C/c1cc(Cl)c(OCc2ccccc2C#N)c(Br)c1)C(=O)Nc1ccc(Br)cc1. The van der Waals surface area contributed by atoms with Gasteiger partial charge in [0.1, 0.15) is 18.2 Å². The second-order valence-corrected chi connectivity index (χ2v) is 8.68. The summed E-state index contributed by atoms with van der Waals surface area (Å²) in [6.07, 6.45) is 1.44. The molecule has 0 heterocycles. The Bertz CT molecular complexity index is 1250. The van der Waals surface area contributed by atoms with Crippen molar-refractivity contribution < 1.29 is 9.53 Å². The number of hydrogen-bond donors (Lipinski definition) is 1. The summed E-state index contributed by atoms with van der Waals surface area (Å²) in [6, 6.07) is 21.5. The molecule has 0 fully saturated rings. The standard InChI is InChI=1S/C24H14Br2ClN3O2/c25-19-5-7-20(8-6-19)30-24(31)18(13-29)9-15-10-21(26)23(22(27)11-15)32-14-17-4-2-1-3-16(17)12-28/h1-11H,14H2,(H,30,31)/b18-9-. The molecule has 3 aromatic rings. The van der Waals surface area contributed by atoms with Crippen molar-refractivity contribution in [1.29, 1.82) is 10.5 Å². The molecular weight excluding hydrogens is 558 g/mol. The molecule has 0 saturated carbocycles. The lowest BCUT2D eigenvalue weighted by Gasteiger charge is -2.12. The maximum atomic E-state index is 12.5. The highest BCUT2D eigenvalue weighted by molar-refractivity contribution is 9.10. The number of nitrogens with one attached hydrogen (secondary N) is 1. The number of hydrogen-bond acceptors (Lipinski definition) is 4. The van der Waals surface area contributed by atoms with Crippen LogP contribution in [0.1, 0.15) is 16.7 Å². The van der Waals surface area contributed by atoms with Gasteiger partial charge >= 0.3 is 0 Å². The third-order valence-electron chi connectivity index (χ3n) is 4.31. The van der Waals surface area contributed by atoms with Gasteiger partial charge in [-0.15, -0.1) is 0 Å². The lowest BCUT2D eigenvalue weighted by molar-refractivity contribution is -0.112. The van der Waals surface area contributed by atoms with Crippen molar-refractivity contribution in [3.8, 4) is 17.9 Å². The molecule has 158 valence electrons. The molecule has 0 bridgehead atoms. The summed E-state index contributed by atoms with van der Waals surface area (Å²) in [5, 5.41) is 21.6. The predicted molar refractivity (Wildman–Crippen MR) is 131 cm³/mol. The molecule has 0 radical (unpaired) electrons. The van der Waals surface area contributed by atoms with Crippen molar-refractivity contribution in [3.63, 3.8) is 0 Å². The monoisotopic (exact) mass is 569 g/mol. The van der Waals surface area contributed by atoms with Crippen molar-refractivity contribution in [2.45, 2.75) is 6.61 Å². The Morgan fingerprint density at radius 3 is 2.47 bits per heavy atom. The van der Waals surface area contributed by atoms with Crippen LogP contribution in [0.2, 0.25) is 5.02 Å². The van der Waals surface area contributed by atoms with Crippen LogP contribution in [-0.2, 0) is 11.4 Å². The van der Waals surface area contributed by atoms with E-state index in [1.165, 1.54) is 6.08 Å². The normalized spacial score (nSPS) is 10.7. The zero-order valence-electron chi connectivity index (χ0n) is 16.4. The van der Waals surface area contributed by atoms with E-state index in [0.29, 0.717) is 32.1 Å². The quantitative estimate of drug-likeness (QED) is 0.259. The lowest BCUT2D eigenvalue weighted by atomic mass is 10.1. The Kier molecular flexibility index (Phi) is 8.08. The predicted octanol–water partition coefficient (Wildman–Crippen LogP) is 6.86. The third-order valence-corrected chi connectivity index (χ3v) is 5.71. The molecule has 0 aliphatic rings. The Labute approximate surface area is 207 Å². The van der Waals surface area contributed by atoms with Crippen LogP contribution >= 0.6 is 43.5 Å². The Hall–Kier alpha value is -3.10. The second-order valence-electron chi connectivity index (χ2n) is 6.50. The minimum atomic E-state index is -0.532. The molecule has 1 N–H and O–H groups in total. The van der Waals surface area contributed by atoms with Crippen molar-refractivity contribution in [3.05, 3.63) is 96.9 Å². The van der Waals surface area contributed by atoms with Crippen LogP contribution in [0.25, 0.3) is 6.08 Å². The molecule has 0 atom stereocenters. The van der Waals surface area contributed by atoms with Crippen LogP contribution in [0, 0.1) is 22.7 Å². The first-order chi connectivity index (χ1) is 15.4. The average molecular weight is 572 g/mol. The maximum absolute atomic E-state index is 12.5. The third kappa shape index (κ3) is 5.99. The van der Waals surface area contributed by atoms with Crippen molar-refractivity contribution in [2.24, 2.45) is 0 Å². The van der Waals surface area contributed by atoms with E-state index in [1.54, 1.807) is 54.6 Å². The van der Waals surface area contributed by atoms with Crippen LogP contribution in [0.15, 0.2) is 75.2 Å². The molecule has 0 aromatic heterocycles. The fourth-order valence-corrected chi connectivity index (χ4v) is 4.01. The number of halogens is 3. The number of nitriles is 2. The average Bonchev–Trinajstić information content (AvgIpc) is 2.78. The van der Waals surface area contributed by atoms with Gasteiger partial charge in [0.2, 0.25) is 0 Å². The van der Waals surface area contributed by atoms with Gasteiger partial charge in [-0.3, -0.25) is 4.79 Å². The van der Waals surface area contributed by atoms with Gasteiger partial charge in [0.05, 0.1) is 21.1 Å². The molecule has 0 saturated heterocycles. The zero-order valence-corrected chi connectivity index (χ0v) is 20.3. The van der Waals surface area contributed by atoms with E-state index < -0.39 is 5.91 Å². The van der Waals surface area contributed by atoms with Crippen molar-refractivity contribution in [1.82, 2.24) is 0 Å². The van der Waals surface area contributed by atoms with Crippen LogP contribution in [-0.4, -0.2) is 5.91 Å². The van der Waals surface area contributed by atoms with Gasteiger partial charge < -0.3 is 10.1 Å². The number of amides is 1. The number of nitrogens with zero attached hydrogens (tertiary/aromatic N) is 2. The van der Waals surface area contributed by atoms with E-state index in [-0.39, 0.29) is 12.2 Å². The molecule has 0 aliphatic heterocycles. The number of carbonyl (C=O) groups excluding carboxylic acids is 1. The fraction of sp³-hybridized carbons (Fsp3) is 0.0417. The Morgan fingerprint density at radius 1 is 1.09 bits per heavy atom. The van der Waals surface area contributed by atoms with E-state index in [4.69, 9.17) is 16.3 Å². The Morgan fingerprint density at radius 2 is 1.81 bits per heavy atom. The van der Waals surface area contributed by atoms with Gasteiger partial charge in [0, 0.05) is 15.7 Å². The molecule has 3 aromatic carbocycles. The summed E-state index contributed by atoms with van der Waals surface area (Å²) in [7, 11) is 0. The van der Waals surface area contributed by atoms with Crippen molar-refractivity contribution in [2.75, 3.05) is 5.32 Å². The second kappa shape index (κ2) is 11.0. The number of rotatable bonds is 6. The molecule has 0 aliphatic carbocycles. The summed E-state index contributed by atoms with van der Waals surface area (Å²) in [5.74, 6) is -0.134.